The van der Waals surface area contributed by atoms with Crippen LogP contribution in [0.4, 0.5) is 14.5 Å². The lowest BCUT2D eigenvalue weighted by molar-refractivity contribution is 0.101. The van der Waals surface area contributed by atoms with E-state index in [0.717, 1.165) is 4.47 Å². The number of anilines is 1. The molecule has 1 N–H and O–H groups in total. The number of nitrogens with one attached hydrogen (secondary N) is 1. The Morgan fingerprint density at radius 2 is 2.00 bits per heavy atom. The molecule has 0 unspecified atom stereocenters. The number of rotatable bonds is 3. The number of hydrogen-bond acceptors (Lipinski definition) is 4. The Morgan fingerprint density at radius 3 is 2.61 bits per heavy atom. The van der Waals surface area contributed by atoms with Crippen molar-refractivity contribution in [2.45, 2.75) is 6.43 Å². The van der Waals surface area contributed by atoms with E-state index in [1.165, 1.54) is 0 Å². The highest BCUT2D eigenvalue weighted by Crippen LogP contribution is 2.24. The molecule has 18 heavy (non-hydrogen) atoms. The van der Waals surface area contributed by atoms with Crippen molar-refractivity contribution < 1.29 is 13.6 Å². The van der Waals surface area contributed by atoms with Gasteiger partial charge in [0.25, 0.3) is 12.3 Å². The molecule has 0 aliphatic heterocycles. The van der Waals surface area contributed by atoms with E-state index in [-0.39, 0.29) is 4.88 Å². The Balaban J connectivity index is 2.17. The number of halogens is 3. The van der Waals surface area contributed by atoms with Crippen molar-refractivity contribution in [3.8, 4) is 0 Å². The van der Waals surface area contributed by atoms with Gasteiger partial charge in [-0.1, -0.05) is 20.4 Å². The summed E-state index contributed by atoms with van der Waals surface area (Å²) < 4.78 is 29.3. The minimum absolute atomic E-state index is 0.173. The molecule has 0 bridgehead atoms. The monoisotopic (exact) mass is 333 g/mol. The molecule has 94 valence electrons. The van der Waals surface area contributed by atoms with Crippen LogP contribution < -0.4 is 5.32 Å². The summed E-state index contributed by atoms with van der Waals surface area (Å²) in [7, 11) is 0. The van der Waals surface area contributed by atoms with Crippen molar-refractivity contribution in [1.29, 1.82) is 0 Å². The molecule has 4 nitrogen and oxygen atoms in total. The molecule has 1 aromatic heterocycles. The predicted octanol–water partition coefficient (Wildman–Crippen LogP) is 3.49. The molecule has 0 aliphatic rings. The Kier molecular flexibility index (Phi) is 3.97. The average molecular weight is 334 g/mol. The van der Waals surface area contributed by atoms with Gasteiger partial charge in [-0.2, -0.15) is 0 Å². The first-order valence-electron chi connectivity index (χ1n) is 4.75. The Labute approximate surface area is 113 Å². The number of hydrogen-bond donors (Lipinski definition) is 1. The zero-order valence-electron chi connectivity index (χ0n) is 8.73. The maximum atomic E-state index is 12.5. The molecule has 0 saturated heterocycles. The SMILES string of the molecule is O=C(Nc1ccc(Br)cc1)c1snnc1C(F)F. The van der Waals surface area contributed by atoms with Crippen molar-refractivity contribution in [3.63, 3.8) is 0 Å². The highest BCUT2D eigenvalue weighted by molar-refractivity contribution is 9.10. The van der Waals surface area contributed by atoms with Gasteiger partial charge in [-0.15, -0.1) is 5.10 Å². The smallest absolute Gasteiger partial charge is 0.283 e. The lowest BCUT2D eigenvalue weighted by Gasteiger charge is -2.04. The minimum Gasteiger partial charge on any atom is -0.321 e. The molecule has 1 heterocycles. The highest BCUT2D eigenvalue weighted by Gasteiger charge is 2.23. The molecular weight excluding hydrogens is 328 g/mol. The first kappa shape index (κ1) is 13.0. The zero-order chi connectivity index (χ0) is 13.1. The number of alkyl halides is 2. The van der Waals surface area contributed by atoms with Crippen molar-refractivity contribution in [1.82, 2.24) is 9.59 Å². The summed E-state index contributed by atoms with van der Waals surface area (Å²) in [4.78, 5) is 11.6. The number of carbonyl (C=O) groups is 1. The largest absolute Gasteiger partial charge is 0.321 e. The van der Waals surface area contributed by atoms with E-state index in [4.69, 9.17) is 0 Å². The van der Waals surface area contributed by atoms with Crippen molar-refractivity contribution in [2.24, 2.45) is 0 Å². The Bertz CT molecular complexity index is 559. The van der Waals surface area contributed by atoms with Gasteiger partial charge in [0.1, 0.15) is 4.88 Å². The number of nitrogens with zero attached hydrogens (tertiary/aromatic N) is 2. The van der Waals surface area contributed by atoms with Gasteiger partial charge in [-0.05, 0) is 35.8 Å². The zero-order valence-corrected chi connectivity index (χ0v) is 11.1. The molecule has 0 fully saturated rings. The molecule has 0 radical (unpaired) electrons. The molecule has 0 saturated carbocycles. The quantitative estimate of drug-likeness (QED) is 0.935. The third-order valence-corrected chi connectivity index (χ3v) is 3.30. The van der Waals surface area contributed by atoms with Crippen LogP contribution in [0.2, 0.25) is 0 Å². The second-order valence-electron chi connectivity index (χ2n) is 3.25. The molecule has 1 aromatic carbocycles. The lowest BCUT2D eigenvalue weighted by Crippen LogP contribution is -2.12. The van der Waals surface area contributed by atoms with Gasteiger partial charge in [0.05, 0.1) is 0 Å². The standard InChI is InChI=1S/C10H6BrF2N3OS/c11-5-1-3-6(4-2-5)14-10(17)8-7(9(12)13)15-16-18-8/h1-4,9H,(H,14,17). The van der Waals surface area contributed by atoms with Gasteiger partial charge in [0.15, 0.2) is 5.69 Å². The van der Waals surface area contributed by atoms with E-state index in [1.54, 1.807) is 24.3 Å². The molecule has 2 rings (SSSR count). The van der Waals surface area contributed by atoms with E-state index in [2.05, 4.69) is 30.8 Å². The second kappa shape index (κ2) is 5.49. The maximum Gasteiger partial charge on any atom is 0.283 e. The summed E-state index contributed by atoms with van der Waals surface area (Å²) in [6.07, 6.45) is -2.81. The Hall–Kier alpha value is -1.41. The third-order valence-electron chi connectivity index (χ3n) is 2.03. The van der Waals surface area contributed by atoms with E-state index < -0.39 is 18.0 Å². The predicted molar refractivity (Wildman–Crippen MR) is 67.0 cm³/mol. The fourth-order valence-electron chi connectivity index (χ4n) is 1.22. The van der Waals surface area contributed by atoms with Crippen LogP contribution in [0.15, 0.2) is 28.7 Å². The van der Waals surface area contributed by atoms with Gasteiger partial charge >= 0.3 is 0 Å². The third kappa shape index (κ3) is 2.88. The van der Waals surface area contributed by atoms with E-state index in [0.29, 0.717) is 17.2 Å². The van der Waals surface area contributed by atoms with Gasteiger partial charge in [0, 0.05) is 10.2 Å². The van der Waals surface area contributed by atoms with E-state index in [9.17, 15) is 13.6 Å². The molecule has 1 amide bonds. The van der Waals surface area contributed by atoms with Crippen LogP contribution in [-0.2, 0) is 0 Å². The number of aromatic nitrogens is 2. The molecule has 2 aromatic rings. The van der Waals surface area contributed by atoms with Crippen LogP contribution in [0.25, 0.3) is 0 Å². The average Bonchev–Trinajstić information content (AvgIpc) is 2.81. The van der Waals surface area contributed by atoms with Crippen LogP contribution in [0, 0.1) is 0 Å². The fourth-order valence-corrected chi connectivity index (χ4v) is 2.05. The summed E-state index contributed by atoms with van der Waals surface area (Å²) in [6, 6.07) is 6.76. The maximum absolute atomic E-state index is 12.5. The normalized spacial score (nSPS) is 10.7. The summed E-state index contributed by atoms with van der Waals surface area (Å²) >= 11 is 3.90. The number of amides is 1. The first-order chi connectivity index (χ1) is 8.58. The molecular formula is C10H6BrF2N3OS. The van der Waals surface area contributed by atoms with Crippen LogP contribution in [0.3, 0.4) is 0 Å². The van der Waals surface area contributed by atoms with Gasteiger partial charge in [0.2, 0.25) is 0 Å². The van der Waals surface area contributed by atoms with Gasteiger partial charge in [-0.3, -0.25) is 4.79 Å². The number of benzene rings is 1. The van der Waals surface area contributed by atoms with Crippen molar-refractivity contribution in [3.05, 3.63) is 39.3 Å². The molecule has 0 aliphatic carbocycles. The first-order valence-corrected chi connectivity index (χ1v) is 6.32. The fraction of sp³-hybridized carbons (Fsp3) is 0.100. The second-order valence-corrected chi connectivity index (χ2v) is 4.92. The lowest BCUT2D eigenvalue weighted by atomic mass is 10.3. The molecule has 8 heteroatoms. The number of carbonyl (C=O) groups excluding carboxylic acids is 1. The highest BCUT2D eigenvalue weighted by atomic mass is 79.9. The van der Waals surface area contributed by atoms with Gasteiger partial charge in [-0.25, -0.2) is 8.78 Å². The molecule has 0 spiro atoms. The summed E-state index contributed by atoms with van der Waals surface area (Å²) in [6.45, 7) is 0. The summed E-state index contributed by atoms with van der Waals surface area (Å²) in [5, 5.41) is 5.75. The van der Waals surface area contributed by atoms with Gasteiger partial charge < -0.3 is 5.32 Å². The van der Waals surface area contributed by atoms with Crippen LogP contribution in [-0.4, -0.2) is 15.5 Å². The topological polar surface area (TPSA) is 54.9 Å². The van der Waals surface area contributed by atoms with Crippen molar-refractivity contribution >= 4 is 39.1 Å². The molecule has 0 atom stereocenters. The van der Waals surface area contributed by atoms with Crippen molar-refractivity contribution in [2.75, 3.05) is 5.32 Å². The van der Waals surface area contributed by atoms with E-state index >= 15 is 0 Å². The van der Waals surface area contributed by atoms with Crippen LogP contribution >= 0.6 is 27.5 Å². The summed E-state index contributed by atoms with van der Waals surface area (Å²) in [5.74, 6) is -0.636. The van der Waals surface area contributed by atoms with E-state index in [1.807, 2.05) is 0 Å². The summed E-state index contributed by atoms with van der Waals surface area (Å²) in [5.41, 5.74) is -0.0774. The minimum atomic E-state index is -2.81. The van der Waals surface area contributed by atoms with Crippen LogP contribution in [0.1, 0.15) is 21.8 Å². The van der Waals surface area contributed by atoms with Crippen LogP contribution in [0.5, 0.6) is 0 Å². The Morgan fingerprint density at radius 1 is 1.33 bits per heavy atom.